The first-order valence-electron chi connectivity index (χ1n) is 14.4. The van der Waals surface area contributed by atoms with Gasteiger partial charge in [0.25, 0.3) is 0 Å². The largest absolute Gasteiger partial charge is 0.444 e. The Kier molecular flexibility index (Phi) is 9.75. The SMILES string of the molecule is C[C@@H]1CCN(C(=O)CC#N)CC1C=[N+](C)c1ncnc2c1ccn2C(=O)Nc1ccc(CCNC(=O)OC(C)(C)C)cc1. The van der Waals surface area contributed by atoms with Crippen LogP contribution < -0.4 is 10.6 Å². The Bertz CT molecular complexity index is 1550. The van der Waals surface area contributed by atoms with Crippen LogP contribution in [0.5, 0.6) is 0 Å². The Morgan fingerprint density at radius 2 is 1.93 bits per heavy atom. The Morgan fingerprint density at radius 1 is 1.19 bits per heavy atom. The molecule has 0 bridgehead atoms. The summed E-state index contributed by atoms with van der Waals surface area (Å²) in [5.41, 5.74) is 1.55. The lowest BCUT2D eigenvalue weighted by Gasteiger charge is -2.34. The molecule has 0 aliphatic carbocycles. The Hall–Kier alpha value is -4.79. The highest BCUT2D eigenvalue weighted by molar-refractivity contribution is 5.99. The second-order valence-electron chi connectivity index (χ2n) is 11.8. The second-order valence-corrected chi connectivity index (χ2v) is 11.8. The van der Waals surface area contributed by atoms with Crippen LogP contribution in [-0.2, 0) is 16.0 Å². The van der Waals surface area contributed by atoms with Crippen molar-refractivity contribution in [2.75, 3.05) is 32.0 Å². The van der Waals surface area contributed by atoms with Gasteiger partial charge in [0.1, 0.15) is 17.4 Å². The van der Waals surface area contributed by atoms with Crippen molar-refractivity contribution in [2.24, 2.45) is 11.8 Å². The number of piperidine rings is 1. The van der Waals surface area contributed by atoms with E-state index >= 15 is 0 Å². The molecule has 1 saturated heterocycles. The Labute approximate surface area is 251 Å². The lowest BCUT2D eigenvalue weighted by Crippen LogP contribution is -2.44. The van der Waals surface area contributed by atoms with E-state index in [2.05, 4.69) is 33.7 Å². The molecule has 226 valence electrons. The first kappa shape index (κ1) is 31.2. The number of carbonyl (C=O) groups is 3. The number of nitrogens with zero attached hydrogens (tertiary/aromatic N) is 6. The topological polar surface area (TPSA) is 145 Å². The first-order chi connectivity index (χ1) is 20.4. The van der Waals surface area contributed by atoms with E-state index in [0.29, 0.717) is 54.5 Å². The summed E-state index contributed by atoms with van der Waals surface area (Å²) in [7, 11) is 1.90. The predicted molar refractivity (Wildman–Crippen MR) is 162 cm³/mol. The van der Waals surface area contributed by atoms with Crippen molar-refractivity contribution in [3.8, 4) is 6.07 Å². The van der Waals surface area contributed by atoms with Gasteiger partial charge in [-0.15, -0.1) is 0 Å². The number of anilines is 1. The van der Waals surface area contributed by atoms with Crippen molar-refractivity contribution < 1.29 is 23.7 Å². The lowest BCUT2D eigenvalue weighted by molar-refractivity contribution is -0.405. The molecule has 1 aliphatic heterocycles. The smallest absolute Gasteiger partial charge is 0.407 e. The van der Waals surface area contributed by atoms with Gasteiger partial charge in [-0.2, -0.15) is 10.2 Å². The Morgan fingerprint density at radius 3 is 2.63 bits per heavy atom. The summed E-state index contributed by atoms with van der Waals surface area (Å²) in [5, 5.41) is 15.3. The maximum absolute atomic E-state index is 13.2. The van der Waals surface area contributed by atoms with Crippen LogP contribution >= 0.6 is 0 Å². The van der Waals surface area contributed by atoms with Crippen molar-refractivity contribution in [3.63, 3.8) is 0 Å². The molecule has 1 aromatic carbocycles. The van der Waals surface area contributed by atoms with Crippen molar-refractivity contribution in [3.05, 3.63) is 48.4 Å². The maximum Gasteiger partial charge on any atom is 0.407 e. The molecule has 12 nitrogen and oxygen atoms in total. The van der Waals surface area contributed by atoms with Gasteiger partial charge < -0.3 is 20.3 Å². The number of rotatable bonds is 7. The number of alkyl carbamates (subject to hydrolysis) is 1. The van der Waals surface area contributed by atoms with Gasteiger partial charge in [0, 0.05) is 37.4 Å². The molecule has 0 radical (unpaired) electrons. The van der Waals surface area contributed by atoms with Gasteiger partial charge in [-0.1, -0.05) is 19.1 Å². The average Bonchev–Trinajstić information content (AvgIpc) is 3.39. The third-order valence-electron chi connectivity index (χ3n) is 7.31. The minimum Gasteiger partial charge on any atom is -0.444 e. The molecule has 3 heterocycles. The number of hydrogen-bond donors (Lipinski definition) is 2. The van der Waals surface area contributed by atoms with Crippen LogP contribution in [0.4, 0.5) is 21.1 Å². The minimum absolute atomic E-state index is 0.0906. The molecule has 3 aromatic rings. The molecule has 2 aromatic heterocycles. The van der Waals surface area contributed by atoms with Crippen molar-refractivity contribution in [1.29, 1.82) is 5.26 Å². The molecular weight excluding hydrogens is 548 g/mol. The fraction of sp³-hybridized carbons (Fsp3) is 0.452. The quantitative estimate of drug-likeness (QED) is 0.309. The van der Waals surface area contributed by atoms with Gasteiger partial charge >= 0.3 is 17.9 Å². The monoisotopic (exact) mass is 587 g/mol. The van der Waals surface area contributed by atoms with Crippen LogP contribution in [0.2, 0.25) is 0 Å². The van der Waals surface area contributed by atoms with E-state index < -0.39 is 11.7 Å². The van der Waals surface area contributed by atoms with Crippen molar-refractivity contribution >= 4 is 46.8 Å². The molecule has 0 spiro atoms. The van der Waals surface area contributed by atoms with Crippen molar-refractivity contribution in [2.45, 2.75) is 52.6 Å². The van der Waals surface area contributed by atoms with E-state index in [4.69, 9.17) is 10.00 Å². The third-order valence-corrected chi connectivity index (χ3v) is 7.31. The van der Waals surface area contributed by atoms with Gasteiger partial charge in [-0.25, -0.2) is 14.2 Å². The number of carbonyl (C=O) groups excluding carboxylic acids is 3. The normalized spacial score (nSPS) is 17.3. The lowest BCUT2D eigenvalue weighted by atomic mass is 9.87. The molecule has 4 rings (SSSR count). The molecule has 1 fully saturated rings. The summed E-state index contributed by atoms with van der Waals surface area (Å²) in [4.78, 5) is 47.9. The zero-order valence-corrected chi connectivity index (χ0v) is 25.3. The van der Waals surface area contributed by atoms with E-state index in [0.717, 1.165) is 12.0 Å². The number of fused-ring (bicyclic) bond motifs is 1. The van der Waals surface area contributed by atoms with Gasteiger partial charge in [-0.05, 0) is 68.3 Å². The molecule has 2 N–H and O–H groups in total. The third kappa shape index (κ3) is 8.16. The number of aromatic nitrogens is 3. The molecule has 3 amide bonds. The number of nitrogens with one attached hydrogen (secondary N) is 2. The minimum atomic E-state index is -0.546. The number of hydrogen-bond acceptors (Lipinski definition) is 7. The molecule has 0 saturated carbocycles. The summed E-state index contributed by atoms with van der Waals surface area (Å²) in [5.74, 6) is 0.947. The van der Waals surface area contributed by atoms with E-state index in [9.17, 15) is 14.4 Å². The second kappa shape index (κ2) is 13.5. The molecule has 12 heteroatoms. The number of benzene rings is 1. The number of nitriles is 1. The van der Waals surface area contributed by atoms with Crippen molar-refractivity contribution in [1.82, 2.24) is 24.8 Å². The van der Waals surface area contributed by atoms with Gasteiger partial charge in [-0.3, -0.25) is 9.36 Å². The summed E-state index contributed by atoms with van der Waals surface area (Å²) >= 11 is 0. The van der Waals surface area contributed by atoms with Gasteiger partial charge in [0.2, 0.25) is 12.2 Å². The van der Waals surface area contributed by atoms with Crippen LogP contribution in [-0.4, -0.2) is 80.5 Å². The molecule has 2 atom stereocenters. The fourth-order valence-electron chi connectivity index (χ4n) is 5.00. The van der Waals surface area contributed by atoms with Crippen LogP contribution in [0.1, 0.15) is 46.1 Å². The highest BCUT2D eigenvalue weighted by Gasteiger charge is 2.30. The van der Waals surface area contributed by atoms with Crippen LogP contribution in [0.3, 0.4) is 0 Å². The van der Waals surface area contributed by atoms with E-state index in [1.807, 2.05) is 68.8 Å². The van der Waals surface area contributed by atoms with Crippen LogP contribution in [0, 0.1) is 23.2 Å². The van der Waals surface area contributed by atoms with Gasteiger partial charge in [0.05, 0.1) is 19.3 Å². The summed E-state index contributed by atoms with van der Waals surface area (Å²) < 4.78 is 8.61. The Balaban J connectivity index is 1.41. The standard InChI is InChI=1S/C31H38N8O4/c1-21-12-16-38(26(40)10-14-32)19-23(21)18-37(5)27-25-13-17-39(28(25)35-20-34-27)29(41)36-24-8-6-22(7-9-24)11-15-33-30(42)43-31(2,3)4/h6-9,13,17-18,20-21,23H,10-12,15-16,19H2,1-5H3,(H-,33,36,41,42)/p+1/t21-,23?/m1/s1. The highest BCUT2D eigenvalue weighted by atomic mass is 16.6. The number of amides is 3. The predicted octanol–water partition coefficient (Wildman–Crippen LogP) is 4.32. The summed E-state index contributed by atoms with van der Waals surface area (Å²) in [6.07, 6.45) is 6.05. The van der Waals surface area contributed by atoms with Crippen LogP contribution in [0.15, 0.2) is 42.9 Å². The van der Waals surface area contributed by atoms with E-state index in [-0.39, 0.29) is 24.3 Å². The molecule has 1 unspecified atom stereocenters. The summed E-state index contributed by atoms with van der Waals surface area (Å²) in [6.45, 7) is 9.23. The number of likely N-dealkylation sites (tertiary alicyclic amines) is 1. The maximum atomic E-state index is 13.2. The average molecular weight is 588 g/mol. The van der Waals surface area contributed by atoms with E-state index in [1.54, 1.807) is 11.1 Å². The molecule has 1 aliphatic rings. The number of ether oxygens (including phenoxy) is 1. The van der Waals surface area contributed by atoms with Crippen LogP contribution in [0.25, 0.3) is 11.0 Å². The first-order valence-corrected chi connectivity index (χ1v) is 14.4. The highest BCUT2D eigenvalue weighted by Crippen LogP contribution is 2.26. The molecule has 43 heavy (non-hydrogen) atoms. The zero-order valence-electron chi connectivity index (χ0n) is 25.3. The zero-order chi connectivity index (χ0) is 31.1. The fourth-order valence-corrected chi connectivity index (χ4v) is 5.00. The van der Waals surface area contributed by atoms with Gasteiger partial charge in [0.15, 0.2) is 5.65 Å². The van der Waals surface area contributed by atoms with E-state index in [1.165, 1.54) is 10.9 Å². The summed E-state index contributed by atoms with van der Waals surface area (Å²) in [6, 6.07) is 10.8. The molecular formula is C31H39N8O4+.